The average molecular weight is 268 g/mol. The summed E-state index contributed by atoms with van der Waals surface area (Å²) in [6.45, 7) is 2.00. The van der Waals surface area contributed by atoms with Crippen LogP contribution in [-0.2, 0) is 6.42 Å². The van der Waals surface area contributed by atoms with Crippen LogP contribution in [0.3, 0.4) is 0 Å². The molecular weight excluding hydrogens is 252 g/mol. The van der Waals surface area contributed by atoms with E-state index in [9.17, 15) is 10.2 Å². The standard InChI is InChI=1S/C17H16O3/c1-2-14-16(13-5-3-4-6-15(13)20-14)17(19)11-7-9-12(18)10-8-11/h3-10,17-19H,2H2,1H3. The Bertz CT molecular complexity index is 726. The van der Waals surface area contributed by atoms with Crippen molar-refractivity contribution in [2.45, 2.75) is 19.4 Å². The molecule has 3 heteroatoms. The van der Waals surface area contributed by atoms with E-state index >= 15 is 0 Å². The molecule has 1 heterocycles. The maximum absolute atomic E-state index is 10.6. The molecule has 1 atom stereocenters. The molecule has 0 saturated carbocycles. The number of aliphatic hydroxyl groups is 1. The molecule has 1 aromatic heterocycles. The summed E-state index contributed by atoms with van der Waals surface area (Å²) in [7, 11) is 0. The quantitative estimate of drug-likeness (QED) is 0.760. The number of benzene rings is 2. The smallest absolute Gasteiger partial charge is 0.134 e. The number of aryl methyl sites for hydroxylation is 1. The molecule has 0 aliphatic rings. The molecular formula is C17H16O3. The van der Waals surface area contributed by atoms with Gasteiger partial charge in [-0.3, -0.25) is 0 Å². The summed E-state index contributed by atoms with van der Waals surface area (Å²) in [6.07, 6.45) is -0.0340. The van der Waals surface area contributed by atoms with Gasteiger partial charge in [-0.15, -0.1) is 0 Å². The van der Waals surface area contributed by atoms with Gasteiger partial charge in [0.2, 0.25) is 0 Å². The lowest BCUT2D eigenvalue weighted by Crippen LogP contribution is -2.01. The van der Waals surface area contributed by atoms with Crippen molar-refractivity contribution >= 4 is 11.0 Å². The fourth-order valence-electron chi connectivity index (χ4n) is 2.50. The van der Waals surface area contributed by atoms with E-state index in [4.69, 9.17) is 4.42 Å². The Labute approximate surface area is 117 Å². The van der Waals surface area contributed by atoms with E-state index in [0.717, 1.165) is 34.3 Å². The van der Waals surface area contributed by atoms with Gasteiger partial charge in [-0.1, -0.05) is 37.3 Å². The van der Waals surface area contributed by atoms with Gasteiger partial charge in [0.05, 0.1) is 0 Å². The van der Waals surface area contributed by atoms with Crippen molar-refractivity contribution in [1.29, 1.82) is 0 Å². The number of fused-ring (bicyclic) bond motifs is 1. The molecule has 0 aliphatic heterocycles. The number of rotatable bonds is 3. The number of hydrogen-bond donors (Lipinski definition) is 2. The lowest BCUT2D eigenvalue weighted by atomic mass is 9.98. The first-order valence-electron chi connectivity index (χ1n) is 6.68. The monoisotopic (exact) mass is 268 g/mol. The van der Waals surface area contributed by atoms with Gasteiger partial charge in [-0.05, 0) is 23.8 Å². The van der Waals surface area contributed by atoms with Crippen molar-refractivity contribution < 1.29 is 14.6 Å². The Morgan fingerprint density at radius 3 is 2.45 bits per heavy atom. The second kappa shape index (κ2) is 5.02. The van der Waals surface area contributed by atoms with Gasteiger partial charge >= 0.3 is 0 Å². The number of hydrogen-bond acceptors (Lipinski definition) is 3. The van der Waals surface area contributed by atoms with Gasteiger partial charge in [0.1, 0.15) is 23.2 Å². The zero-order valence-electron chi connectivity index (χ0n) is 11.2. The minimum atomic E-state index is -0.755. The first kappa shape index (κ1) is 12.8. The molecule has 3 aromatic rings. The molecule has 0 fully saturated rings. The summed E-state index contributed by atoms with van der Waals surface area (Å²) in [6, 6.07) is 14.3. The summed E-state index contributed by atoms with van der Waals surface area (Å²) in [5, 5.41) is 20.9. The molecule has 2 aromatic carbocycles. The van der Waals surface area contributed by atoms with Crippen molar-refractivity contribution in [3.63, 3.8) is 0 Å². The number of para-hydroxylation sites is 1. The van der Waals surface area contributed by atoms with Crippen LogP contribution < -0.4 is 0 Å². The van der Waals surface area contributed by atoms with E-state index in [2.05, 4.69) is 0 Å². The van der Waals surface area contributed by atoms with Crippen LogP contribution in [0.2, 0.25) is 0 Å². The number of phenols is 1. The van der Waals surface area contributed by atoms with Gasteiger partial charge in [-0.25, -0.2) is 0 Å². The highest BCUT2D eigenvalue weighted by Gasteiger charge is 2.21. The fraction of sp³-hybridized carbons (Fsp3) is 0.176. The normalized spacial score (nSPS) is 12.7. The minimum absolute atomic E-state index is 0.189. The van der Waals surface area contributed by atoms with Crippen molar-refractivity contribution in [3.8, 4) is 5.75 Å². The Kier molecular flexibility index (Phi) is 3.20. The summed E-state index contributed by atoms with van der Waals surface area (Å²) in [5.74, 6) is 0.987. The van der Waals surface area contributed by atoms with Crippen molar-refractivity contribution in [3.05, 3.63) is 65.4 Å². The third-order valence-electron chi connectivity index (χ3n) is 3.51. The van der Waals surface area contributed by atoms with Gasteiger partial charge < -0.3 is 14.6 Å². The van der Waals surface area contributed by atoms with Crippen LogP contribution >= 0.6 is 0 Å². The molecule has 0 bridgehead atoms. The van der Waals surface area contributed by atoms with Gasteiger partial charge in [-0.2, -0.15) is 0 Å². The van der Waals surface area contributed by atoms with Crippen LogP contribution in [0, 0.1) is 0 Å². The van der Waals surface area contributed by atoms with Crippen LogP contribution in [0.15, 0.2) is 52.9 Å². The van der Waals surface area contributed by atoms with E-state index in [0.29, 0.717) is 0 Å². The summed E-state index contributed by atoms with van der Waals surface area (Å²) < 4.78 is 5.81. The molecule has 102 valence electrons. The lowest BCUT2D eigenvalue weighted by molar-refractivity contribution is 0.218. The molecule has 0 saturated heterocycles. The van der Waals surface area contributed by atoms with Crippen LogP contribution in [-0.4, -0.2) is 10.2 Å². The maximum Gasteiger partial charge on any atom is 0.134 e. The van der Waals surface area contributed by atoms with Crippen LogP contribution in [0.25, 0.3) is 11.0 Å². The van der Waals surface area contributed by atoms with E-state index < -0.39 is 6.10 Å². The Morgan fingerprint density at radius 2 is 1.75 bits per heavy atom. The summed E-state index contributed by atoms with van der Waals surface area (Å²) in [4.78, 5) is 0. The first-order chi connectivity index (χ1) is 9.70. The lowest BCUT2D eigenvalue weighted by Gasteiger charge is -2.11. The number of aromatic hydroxyl groups is 1. The highest BCUT2D eigenvalue weighted by molar-refractivity contribution is 5.83. The minimum Gasteiger partial charge on any atom is -0.508 e. The molecule has 0 aliphatic carbocycles. The van der Waals surface area contributed by atoms with Gasteiger partial charge in [0.25, 0.3) is 0 Å². The zero-order chi connectivity index (χ0) is 14.1. The average Bonchev–Trinajstić information content (AvgIpc) is 2.85. The highest BCUT2D eigenvalue weighted by atomic mass is 16.3. The number of furan rings is 1. The molecule has 3 rings (SSSR count). The topological polar surface area (TPSA) is 53.6 Å². The van der Waals surface area contributed by atoms with E-state index in [1.54, 1.807) is 24.3 Å². The molecule has 1 unspecified atom stereocenters. The molecule has 2 N–H and O–H groups in total. The Hall–Kier alpha value is -2.26. The van der Waals surface area contributed by atoms with E-state index in [1.807, 2.05) is 31.2 Å². The second-order valence-electron chi connectivity index (χ2n) is 4.78. The summed E-state index contributed by atoms with van der Waals surface area (Å²) in [5.41, 5.74) is 2.34. The van der Waals surface area contributed by atoms with E-state index in [1.165, 1.54) is 0 Å². The SMILES string of the molecule is CCc1oc2ccccc2c1C(O)c1ccc(O)cc1. The van der Waals surface area contributed by atoms with Crippen molar-refractivity contribution in [2.75, 3.05) is 0 Å². The van der Waals surface area contributed by atoms with Crippen LogP contribution in [0.5, 0.6) is 5.75 Å². The molecule has 0 amide bonds. The largest absolute Gasteiger partial charge is 0.508 e. The Balaban J connectivity index is 2.15. The molecule has 0 radical (unpaired) electrons. The molecule has 3 nitrogen and oxygen atoms in total. The first-order valence-corrected chi connectivity index (χ1v) is 6.68. The predicted octanol–water partition coefficient (Wildman–Crippen LogP) is 3.78. The second-order valence-corrected chi connectivity index (χ2v) is 4.78. The summed E-state index contributed by atoms with van der Waals surface area (Å²) >= 11 is 0. The van der Waals surface area contributed by atoms with Crippen molar-refractivity contribution in [1.82, 2.24) is 0 Å². The number of aliphatic hydroxyl groups excluding tert-OH is 1. The third kappa shape index (κ3) is 2.06. The van der Waals surface area contributed by atoms with Crippen molar-refractivity contribution in [2.24, 2.45) is 0 Å². The van der Waals surface area contributed by atoms with Gasteiger partial charge in [0, 0.05) is 17.4 Å². The zero-order valence-corrected chi connectivity index (χ0v) is 11.2. The van der Waals surface area contributed by atoms with Gasteiger partial charge in [0.15, 0.2) is 0 Å². The Morgan fingerprint density at radius 1 is 1.05 bits per heavy atom. The number of phenolic OH excluding ortho intramolecular Hbond substituents is 1. The molecule has 20 heavy (non-hydrogen) atoms. The van der Waals surface area contributed by atoms with Crippen LogP contribution in [0.4, 0.5) is 0 Å². The molecule has 0 spiro atoms. The maximum atomic E-state index is 10.6. The fourth-order valence-corrected chi connectivity index (χ4v) is 2.50. The van der Waals surface area contributed by atoms with E-state index in [-0.39, 0.29) is 5.75 Å². The predicted molar refractivity (Wildman–Crippen MR) is 77.8 cm³/mol. The highest BCUT2D eigenvalue weighted by Crippen LogP contribution is 2.34. The third-order valence-corrected chi connectivity index (χ3v) is 3.51. The van der Waals surface area contributed by atoms with Crippen LogP contribution in [0.1, 0.15) is 29.9 Å².